The Hall–Kier alpha value is -4.50. The number of nitrogens with one attached hydrogen (secondary N) is 6. The summed E-state index contributed by atoms with van der Waals surface area (Å²) in [7, 11) is -3.77. The van der Waals surface area contributed by atoms with Crippen molar-refractivity contribution in [3.63, 3.8) is 0 Å². The Morgan fingerprint density at radius 1 is 0.613 bits per heavy atom. The minimum Gasteiger partial charge on any atom is -0.481 e. The van der Waals surface area contributed by atoms with Gasteiger partial charge in [0, 0.05) is 71.7 Å². The number of amides is 2. The number of unbranched alkanes of at least 4 members (excludes halogenated alkanes) is 21. The highest BCUT2D eigenvalue weighted by molar-refractivity contribution is 7.90. The molecule has 0 aliphatic carbocycles. The molecule has 0 saturated carbocycles. The predicted molar refractivity (Wildman–Crippen MR) is 307 cm³/mol. The summed E-state index contributed by atoms with van der Waals surface area (Å²) in [6.45, 7) is 3.35. The number of ketones is 1. The van der Waals surface area contributed by atoms with Crippen LogP contribution in [0, 0.1) is 17.2 Å². The number of nitrogens with zero attached hydrogens (tertiary/aromatic N) is 3. The second-order valence-electron chi connectivity index (χ2n) is 20.4. The van der Waals surface area contributed by atoms with E-state index in [-0.39, 0.29) is 76.8 Å². The average Bonchev–Trinajstić information content (AvgIpc) is 3.95. The molecule has 10 N–H and O–H groups in total. The summed E-state index contributed by atoms with van der Waals surface area (Å²) >= 11 is 0. The number of nitrogens with two attached hydrogens (primary N) is 1. The number of aryl methyl sites for hydroxylation is 1. The fourth-order valence-corrected chi connectivity index (χ4v) is 9.67. The standard InChI is InChI=1S/C55H102N10O14S.H2/c56-51(63-65-57)27-19-15-11-7-4-2-1-3-5-8-12-16-20-28-53(68)64-80(73,74)41-25-29-52(67)59-33-22-17-13-9-6-10-14-18-24-36-76-44-48(55(71)72)32-37-78-62-35-38-75-39-40-77-46-79-61-34-23-21-26-47(54(69)70)42-50(66)31-30-49-43-58-45-60-49;/h43,45,47-48,61-62H,1-42,44,46H2,(H,58,60)(H,59,67)(H,64,68)(H,69,70)(H,71,72)(H3,56,57,63);1H/t47-,48-;/m1./s1. The number of hydroxylamine groups is 2. The van der Waals surface area contributed by atoms with E-state index in [4.69, 9.17) is 35.1 Å². The van der Waals surface area contributed by atoms with Crippen molar-refractivity contribution in [1.29, 1.82) is 5.41 Å². The van der Waals surface area contributed by atoms with Gasteiger partial charge in [-0.1, -0.05) is 127 Å². The third-order valence-electron chi connectivity index (χ3n) is 13.3. The molecular formula is C55H104N10O14S. The van der Waals surface area contributed by atoms with Crippen molar-refractivity contribution >= 4 is 45.4 Å². The highest BCUT2D eigenvalue weighted by Crippen LogP contribution is 2.17. The van der Waals surface area contributed by atoms with Crippen LogP contribution in [-0.4, -0.2) is 136 Å². The van der Waals surface area contributed by atoms with E-state index < -0.39 is 39.7 Å². The van der Waals surface area contributed by atoms with E-state index in [1.54, 1.807) is 12.5 Å². The highest BCUT2D eigenvalue weighted by atomic mass is 32.2. The Bertz CT molecular complexity index is 1870. The molecule has 1 aromatic heterocycles. The van der Waals surface area contributed by atoms with E-state index in [9.17, 15) is 42.6 Å². The van der Waals surface area contributed by atoms with E-state index in [1.165, 1.54) is 44.9 Å². The van der Waals surface area contributed by atoms with Gasteiger partial charge in [-0.3, -0.25) is 38.9 Å². The molecule has 2 atom stereocenters. The number of hydrogen-bond donors (Lipinski definition) is 9. The molecule has 0 radical (unpaired) electrons. The number of imidazole rings is 1. The van der Waals surface area contributed by atoms with Crippen LogP contribution in [0.15, 0.2) is 22.9 Å². The van der Waals surface area contributed by atoms with E-state index in [1.807, 2.05) is 0 Å². The smallest absolute Gasteiger partial charge is 0.308 e. The van der Waals surface area contributed by atoms with Crippen LogP contribution in [0.5, 0.6) is 0 Å². The summed E-state index contributed by atoms with van der Waals surface area (Å²) < 4.78 is 43.4. The third-order valence-corrected chi connectivity index (χ3v) is 14.7. The third kappa shape index (κ3) is 48.2. The fourth-order valence-electron chi connectivity index (χ4n) is 8.59. The van der Waals surface area contributed by atoms with Crippen molar-refractivity contribution in [3.05, 3.63) is 18.2 Å². The molecule has 80 heavy (non-hydrogen) atoms. The van der Waals surface area contributed by atoms with Crippen LogP contribution in [0.3, 0.4) is 0 Å². The van der Waals surface area contributed by atoms with Gasteiger partial charge in [-0.05, 0) is 57.8 Å². The average molecular weight is 1160 g/mol. The van der Waals surface area contributed by atoms with Gasteiger partial charge in [0.2, 0.25) is 21.8 Å². The molecule has 25 heteroatoms. The van der Waals surface area contributed by atoms with Crippen LogP contribution in [-0.2, 0) is 64.3 Å². The van der Waals surface area contributed by atoms with Crippen molar-refractivity contribution in [2.75, 3.05) is 71.8 Å². The monoisotopic (exact) mass is 1160 g/mol. The second kappa shape index (κ2) is 52.6. The van der Waals surface area contributed by atoms with Crippen LogP contribution in [0.2, 0.25) is 0 Å². The molecule has 1 heterocycles. The van der Waals surface area contributed by atoms with Gasteiger partial charge < -0.3 is 45.4 Å². The molecule has 0 unspecified atom stereocenters. The van der Waals surface area contributed by atoms with Crippen molar-refractivity contribution in [2.24, 2.45) is 28.0 Å². The number of carboxylic acids is 2. The van der Waals surface area contributed by atoms with Crippen LogP contribution >= 0.6 is 0 Å². The summed E-state index contributed by atoms with van der Waals surface area (Å²) in [6.07, 6.45) is 30.5. The number of rotatable bonds is 60. The highest BCUT2D eigenvalue weighted by Gasteiger charge is 2.21. The number of ether oxygens (including phenoxy) is 3. The van der Waals surface area contributed by atoms with Crippen molar-refractivity contribution in [2.45, 2.75) is 212 Å². The molecule has 0 aliphatic rings. The van der Waals surface area contributed by atoms with Crippen molar-refractivity contribution in [1.82, 2.24) is 31.0 Å². The molecule has 464 valence electrons. The van der Waals surface area contributed by atoms with Crippen LogP contribution in [0.25, 0.3) is 0 Å². The van der Waals surface area contributed by atoms with Gasteiger partial charge in [0.1, 0.15) is 11.6 Å². The summed E-state index contributed by atoms with van der Waals surface area (Å²) in [5.41, 5.74) is 6.39. The summed E-state index contributed by atoms with van der Waals surface area (Å²) in [5, 5.41) is 36.1. The summed E-state index contributed by atoms with van der Waals surface area (Å²) in [5.74, 6) is 0.918. The normalized spacial score (nSPS) is 12.4. The van der Waals surface area contributed by atoms with Gasteiger partial charge in [-0.25, -0.2) is 18.9 Å². The number of H-pyrrole nitrogens is 1. The van der Waals surface area contributed by atoms with Gasteiger partial charge >= 0.3 is 11.9 Å². The van der Waals surface area contributed by atoms with Crippen LogP contribution in [0.1, 0.15) is 213 Å². The first-order valence-corrected chi connectivity index (χ1v) is 31.3. The number of aromatic nitrogens is 2. The zero-order valence-corrected chi connectivity index (χ0v) is 48.9. The molecule has 0 fully saturated rings. The van der Waals surface area contributed by atoms with Gasteiger partial charge in [0.15, 0.2) is 6.79 Å². The maximum atomic E-state index is 12.4. The molecule has 0 aromatic carbocycles. The number of amidine groups is 1. The lowest BCUT2D eigenvalue weighted by Crippen LogP contribution is -2.33. The largest absolute Gasteiger partial charge is 0.481 e. The molecule has 2 amide bonds. The molecule has 1 rings (SSSR count). The Morgan fingerprint density at radius 3 is 1.81 bits per heavy atom. The predicted octanol–water partition coefficient (Wildman–Crippen LogP) is 8.57. The Kier molecular flexibility index (Phi) is 48.3. The van der Waals surface area contributed by atoms with E-state index in [0.29, 0.717) is 91.0 Å². The first-order valence-electron chi connectivity index (χ1n) is 29.7. The van der Waals surface area contributed by atoms with Gasteiger partial charge in [-0.15, -0.1) is 5.11 Å². The Morgan fingerprint density at radius 2 is 1.19 bits per heavy atom. The number of aliphatic carboxylic acids is 2. The van der Waals surface area contributed by atoms with Gasteiger partial charge in [0.05, 0.1) is 57.0 Å². The Labute approximate surface area is 478 Å². The molecule has 1 aromatic rings. The molecule has 0 aliphatic heterocycles. The number of aromatic amines is 1. The lowest BCUT2D eigenvalue weighted by molar-refractivity contribution is -0.145. The number of Topliss-reactive ketones (excluding diaryl/α,β-unsaturated/α-hetero) is 1. The molecule has 0 spiro atoms. The van der Waals surface area contributed by atoms with Crippen molar-refractivity contribution < 1.29 is 67.9 Å². The Balaban J connectivity index is 0.0000640. The van der Waals surface area contributed by atoms with E-state index >= 15 is 0 Å². The van der Waals surface area contributed by atoms with Crippen LogP contribution in [0.4, 0.5) is 0 Å². The molecular weight excluding hydrogens is 1060 g/mol. The molecule has 0 saturated heterocycles. The fraction of sp³-hybridized carbons (Fsp3) is 0.836. The number of sulfonamides is 1. The molecule has 0 bridgehead atoms. The SMILES string of the molecule is N=C(CCCCCCCCCCCCCCCC(=O)NS(=O)(=O)CCCC(=O)NCCCCCCCCCCCOC[C@@H](CCONCCOCCOCONCCCC[C@H](CC(=O)CCc1cnc[nH]1)C(=O)O)C(=O)O)N=NN.[HH]. The lowest BCUT2D eigenvalue weighted by Gasteiger charge is -2.13. The number of hydrogen-bond acceptors (Lipinski definition) is 17. The summed E-state index contributed by atoms with van der Waals surface area (Å²) in [6, 6.07) is 0. The van der Waals surface area contributed by atoms with Crippen LogP contribution < -0.4 is 26.8 Å². The van der Waals surface area contributed by atoms with Crippen molar-refractivity contribution in [3.8, 4) is 0 Å². The quantitative estimate of drug-likeness (QED) is 0.00560. The molecule has 24 nitrogen and oxygen atoms in total. The summed E-state index contributed by atoms with van der Waals surface area (Å²) in [4.78, 5) is 77.4. The lowest BCUT2D eigenvalue weighted by atomic mass is 9.94. The minimum atomic E-state index is -3.77. The van der Waals surface area contributed by atoms with Gasteiger partial charge in [-0.2, -0.15) is 5.48 Å². The topological polar surface area (TPSA) is 357 Å². The van der Waals surface area contributed by atoms with E-state index in [2.05, 4.69) is 41.3 Å². The first kappa shape index (κ1) is 73.5. The second-order valence-corrected chi connectivity index (χ2v) is 22.2. The number of carbonyl (C=O) groups excluding carboxylic acids is 3. The van der Waals surface area contributed by atoms with E-state index in [0.717, 1.165) is 95.6 Å². The minimum absolute atomic E-state index is 0. The zero-order chi connectivity index (χ0) is 58.4. The zero-order valence-electron chi connectivity index (χ0n) is 48.0. The number of carboxylic acid groups (broad SMARTS) is 2. The first-order chi connectivity index (χ1) is 38.8. The van der Waals surface area contributed by atoms with Gasteiger partial charge in [0.25, 0.3) is 0 Å². The maximum Gasteiger partial charge on any atom is 0.308 e. The maximum absolute atomic E-state index is 12.4. The number of carbonyl (C=O) groups is 5.